The predicted octanol–water partition coefficient (Wildman–Crippen LogP) is 6.56. The maximum Gasteiger partial charge on any atom is 0 e. The van der Waals surface area contributed by atoms with E-state index in [1.807, 2.05) is 0 Å². The molecule has 0 aliphatic rings. The molecule has 0 atom stereocenters. The van der Waals surface area contributed by atoms with Gasteiger partial charge in [0.15, 0.2) is 0 Å². The summed E-state index contributed by atoms with van der Waals surface area (Å²) < 4.78 is 0. The summed E-state index contributed by atoms with van der Waals surface area (Å²) in [5.41, 5.74) is 4.46. The summed E-state index contributed by atoms with van der Waals surface area (Å²) in [5, 5.41) is 5.37. The van der Waals surface area contributed by atoms with E-state index < -0.39 is 0 Å². The Hall–Kier alpha value is -1.26. The van der Waals surface area contributed by atoms with Gasteiger partial charge in [0.1, 0.15) is 0 Å². The summed E-state index contributed by atoms with van der Waals surface area (Å²) in [6.45, 7) is 13.7. The maximum atomic E-state index is 2.38. The molecule has 0 saturated heterocycles. The van der Waals surface area contributed by atoms with Crippen LogP contribution in [-0.4, -0.2) is 0 Å². The Labute approximate surface area is 154 Å². The zero-order valence-electron chi connectivity index (χ0n) is 14.9. The molecule has 0 heterocycles. The Morgan fingerprint density at radius 3 is 1.91 bits per heavy atom. The van der Waals surface area contributed by atoms with Gasteiger partial charge in [0.25, 0.3) is 0 Å². The van der Waals surface area contributed by atoms with E-state index in [9.17, 15) is 0 Å². The van der Waals surface area contributed by atoms with E-state index in [2.05, 4.69) is 84.0 Å². The fourth-order valence-electron chi connectivity index (χ4n) is 3.63. The minimum Gasteiger partial charge on any atom is -0.185 e. The summed E-state index contributed by atoms with van der Waals surface area (Å²) in [4.78, 5) is 0. The van der Waals surface area contributed by atoms with Gasteiger partial charge in [-0.05, 0) is 22.2 Å². The third kappa shape index (κ3) is 3.20. The molecule has 3 aromatic carbocycles. The second-order valence-electron chi connectivity index (χ2n) is 7.59. The number of rotatable bonds is 1. The van der Waals surface area contributed by atoms with E-state index in [-0.39, 0.29) is 26.5 Å². The van der Waals surface area contributed by atoms with Crippen LogP contribution in [0.3, 0.4) is 0 Å². The van der Waals surface area contributed by atoms with Crippen molar-refractivity contribution in [1.29, 1.82) is 0 Å². The molecule has 120 valence electrons. The van der Waals surface area contributed by atoms with Crippen molar-refractivity contribution in [2.24, 2.45) is 0 Å². The molecule has 3 aromatic rings. The summed E-state index contributed by atoms with van der Waals surface area (Å²) in [7, 11) is 0. The molecule has 23 heavy (non-hydrogen) atoms. The normalized spacial score (nSPS) is 11.6. The van der Waals surface area contributed by atoms with Crippen LogP contribution in [-0.2, 0) is 26.5 Å². The summed E-state index contributed by atoms with van der Waals surface area (Å²) >= 11 is 0. The minimum absolute atomic E-state index is 0. The van der Waals surface area contributed by atoms with Crippen LogP contribution in [0.1, 0.15) is 51.3 Å². The molecule has 0 aliphatic heterocycles. The van der Waals surface area contributed by atoms with E-state index in [1.165, 1.54) is 44.2 Å². The van der Waals surface area contributed by atoms with Crippen LogP contribution in [0.2, 0.25) is 0 Å². The molecule has 0 fully saturated rings. The third-order valence-electron chi connectivity index (χ3n) is 4.55. The molecule has 0 saturated carbocycles. The molecule has 0 bridgehead atoms. The van der Waals surface area contributed by atoms with Crippen LogP contribution in [0.15, 0.2) is 42.5 Å². The molecule has 0 spiro atoms. The molecule has 0 amide bonds. The maximum absolute atomic E-state index is 2.38. The van der Waals surface area contributed by atoms with Gasteiger partial charge in [-0.3, -0.25) is 0 Å². The van der Waals surface area contributed by atoms with Gasteiger partial charge >= 0.3 is 0 Å². The Morgan fingerprint density at radius 1 is 0.826 bits per heavy atom. The van der Waals surface area contributed by atoms with Crippen molar-refractivity contribution in [1.82, 2.24) is 0 Å². The van der Waals surface area contributed by atoms with Crippen molar-refractivity contribution in [3.63, 3.8) is 0 Å². The SMILES string of the molecule is Cc1c(C(C)(C)C)c([C-](C)C)cc2cc3ccccc3cc12.[W]. The van der Waals surface area contributed by atoms with Gasteiger partial charge in [-0.1, -0.05) is 88.2 Å². The molecule has 0 aromatic heterocycles. The predicted molar refractivity (Wildman–Crippen MR) is 98.6 cm³/mol. The summed E-state index contributed by atoms with van der Waals surface area (Å²) in [6, 6.07) is 15.7. The smallest absolute Gasteiger partial charge is 0 e. The van der Waals surface area contributed by atoms with Crippen LogP contribution in [0.25, 0.3) is 21.5 Å². The van der Waals surface area contributed by atoms with Gasteiger partial charge in [-0.2, -0.15) is 17.5 Å². The number of fused-ring (bicyclic) bond motifs is 2. The number of hydrogen-bond donors (Lipinski definition) is 0. The van der Waals surface area contributed by atoms with Gasteiger partial charge in [0.2, 0.25) is 0 Å². The van der Waals surface area contributed by atoms with Gasteiger partial charge in [0.05, 0.1) is 0 Å². The molecular weight excluding hydrogens is 448 g/mol. The Bertz CT molecular complexity index is 851. The monoisotopic (exact) mass is 473 g/mol. The van der Waals surface area contributed by atoms with E-state index in [0.29, 0.717) is 0 Å². The number of aryl methyl sites for hydroxylation is 1. The van der Waals surface area contributed by atoms with Crippen LogP contribution in [0, 0.1) is 12.8 Å². The molecule has 0 unspecified atom stereocenters. The fraction of sp³-hybridized carbons (Fsp3) is 0.318. The molecule has 0 aliphatic carbocycles. The molecule has 0 nitrogen and oxygen atoms in total. The standard InChI is InChI=1S/C22H25.W/c1-14(2)19-13-18-11-16-9-7-8-10-17(16)12-20(18)15(3)21(19)22(4,5)6;/h7-13H,1-6H3;/q-1;. The molecule has 1 heteroatoms. The fourth-order valence-corrected chi connectivity index (χ4v) is 3.63. The van der Waals surface area contributed by atoms with Crippen molar-refractivity contribution in [2.45, 2.75) is 47.0 Å². The van der Waals surface area contributed by atoms with Gasteiger partial charge in [-0.15, -0.1) is 5.56 Å². The first kappa shape index (κ1) is 18.1. The van der Waals surface area contributed by atoms with Crippen LogP contribution < -0.4 is 0 Å². The van der Waals surface area contributed by atoms with Crippen molar-refractivity contribution in [3.8, 4) is 0 Å². The summed E-state index contributed by atoms with van der Waals surface area (Å²) in [5.74, 6) is 1.39. The first-order valence-corrected chi connectivity index (χ1v) is 8.06. The first-order valence-electron chi connectivity index (χ1n) is 8.06. The Morgan fingerprint density at radius 2 is 1.39 bits per heavy atom. The Kier molecular flexibility index (Phi) is 4.97. The van der Waals surface area contributed by atoms with Gasteiger partial charge < -0.3 is 0 Å². The molecule has 0 radical (unpaired) electrons. The van der Waals surface area contributed by atoms with Gasteiger partial charge in [0, 0.05) is 21.1 Å². The first-order chi connectivity index (χ1) is 10.3. The average Bonchev–Trinajstić information content (AvgIpc) is 2.43. The number of benzene rings is 3. The average molecular weight is 473 g/mol. The van der Waals surface area contributed by atoms with Gasteiger partial charge in [-0.25, -0.2) is 0 Å². The van der Waals surface area contributed by atoms with E-state index >= 15 is 0 Å². The zero-order valence-corrected chi connectivity index (χ0v) is 17.9. The molecule has 0 N–H and O–H groups in total. The zero-order chi connectivity index (χ0) is 16.1. The van der Waals surface area contributed by atoms with E-state index in [1.54, 1.807) is 0 Å². The quantitative estimate of drug-likeness (QED) is 0.278. The second-order valence-corrected chi connectivity index (χ2v) is 7.59. The molecule has 3 rings (SSSR count). The third-order valence-corrected chi connectivity index (χ3v) is 4.55. The minimum atomic E-state index is 0. The van der Waals surface area contributed by atoms with Crippen molar-refractivity contribution in [2.75, 3.05) is 0 Å². The largest absolute Gasteiger partial charge is 0.185 e. The summed E-state index contributed by atoms with van der Waals surface area (Å²) in [6.07, 6.45) is 0. The Balaban J connectivity index is 0.00000192. The van der Waals surface area contributed by atoms with Crippen molar-refractivity contribution in [3.05, 3.63) is 65.1 Å². The van der Waals surface area contributed by atoms with Crippen LogP contribution in [0.4, 0.5) is 0 Å². The van der Waals surface area contributed by atoms with Crippen LogP contribution in [0.5, 0.6) is 0 Å². The number of hydrogen-bond acceptors (Lipinski definition) is 0. The van der Waals surface area contributed by atoms with Crippen molar-refractivity contribution < 1.29 is 21.1 Å². The van der Waals surface area contributed by atoms with Crippen molar-refractivity contribution >= 4 is 21.5 Å². The van der Waals surface area contributed by atoms with E-state index in [4.69, 9.17) is 0 Å². The van der Waals surface area contributed by atoms with Crippen LogP contribution >= 0.6 is 0 Å². The second kappa shape index (κ2) is 6.33. The molecular formula is C22H25W-. The topological polar surface area (TPSA) is 0 Å². The van der Waals surface area contributed by atoms with E-state index in [0.717, 1.165) is 0 Å².